The molecule has 0 saturated heterocycles. The highest BCUT2D eigenvalue weighted by Gasteiger charge is 2.26. The van der Waals surface area contributed by atoms with Crippen LogP contribution in [0.4, 0.5) is 0 Å². The number of hydrogen-bond acceptors (Lipinski definition) is 4. The van der Waals surface area contributed by atoms with Gasteiger partial charge in [-0.3, -0.25) is 4.79 Å². The Labute approximate surface area is 136 Å². The van der Waals surface area contributed by atoms with Crippen LogP contribution in [0.2, 0.25) is 0 Å². The van der Waals surface area contributed by atoms with Gasteiger partial charge in [-0.15, -0.1) is 0 Å². The SMILES string of the molecule is COC(=O)C(Cc1ccccc1)NS(=O)(=O)c1cccc(C)c1. The van der Waals surface area contributed by atoms with Crippen molar-refractivity contribution in [2.24, 2.45) is 0 Å². The van der Waals surface area contributed by atoms with Gasteiger partial charge < -0.3 is 4.74 Å². The molecule has 0 spiro atoms. The first-order chi connectivity index (χ1) is 10.9. The van der Waals surface area contributed by atoms with Crippen molar-refractivity contribution in [1.29, 1.82) is 0 Å². The minimum Gasteiger partial charge on any atom is -0.468 e. The number of ether oxygens (including phenoxy) is 1. The van der Waals surface area contributed by atoms with Gasteiger partial charge in [-0.05, 0) is 36.6 Å². The molecule has 1 unspecified atom stereocenters. The molecular formula is C17H19NO4S. The molecule has 2 rings (SSSR count). The summed E-state index contributed by atoms with van der Waals surface area (Å²) < 4.78 is 32.1. The van der Waals surface area contributed by atoms with E-state index in [-0.39, 0.29) is 11.3 Å². The molecule has 0 saturated carbocycles. The Morgan fingerprint density at radius 2 is 1.83 bits per heavy atom. The second-order valence-electron chi connectivity index (χ2n) is 5.20. The zero-order chi connectivity index (χ0) is 16.9. The summed E-state index contributed by atoms with van der Waals surface area (Å²) in [6.45, 7) is 1.81. The summed E-state index contributed by atoms with van der Waals surface area (Å²) in [5, 5.41) is 0. The highest BCUT2D eigenvalue weighted by atomic mass is 32.2. The average Bonchev–Trinajstić information content (AvgIpc) is 2.54. The second kappa shape index (κ2) is 7.39. The zero-order valence-electron chi connectivity index (χ0n) is 13.0. The first kappa shape index (κ1) is 17.2. The molecule has 2 aromatic carbocycles. The molecule has 0 aliphatic heterocycles. The van der Waals surface area contributed by atoms with Crippen molar-refractivity contribution >= 4 is 16.0 Å². The van der Waals surface area contributed by atoms with Gasteiger partial charge in [-0.2, -0.15) is 4.72 Å². The summed E-state index contributed by atoms with van der Waals surface area (Å²) in [7, 11) is -2.57. The second-order valence-corrected chi connectivity index (χ2v) is 6.92. The third-order valence-electron chi connectivity index (χ3n) is 3.37. The van der Waals surface area contributed by atoms with E-state index in [2.05, 4.69) is 4.72 Å². The Hall–Kier alpha value is -2.18. The van der Waals surface area contributed by atoms with Crippen molar-refractivity contribution in [2.45, 2.75) is 24.3 Å². The molecule has 0 aliphatic carbocycles. The molecule has 1 atom stereocenters. The van der Waals surface area contributed by atoms with Crippen LogP contribution in [-0.4, -0.2) is 27.5 Å². The van der Waals surface area contributed by atoms with Gasteiger partial charge in [0.05, 0.1) is 12.0 Å². The van der Waals surface area contributed by atoms with Crippen molar-refractivity contribution in [2.75, 3.05) is 7.11 Å². The van der Waals surface area contributed by atoms with E-state index in [4.69, 9.17) is 4.74 Å². The number of hydrogen-bond donors (Lipinski definition) is 1. The number of aryl methyl sites for hydroxylation is 1. The van der Waals surface area contributed by atoms with Gasteiger partial charge in [-0.1, -0.05) is 42.5 Å². The van der Waals surface area contributed by atoms with Gasteiger partial charge >= 0.3 is 5.97 Å². The molecular weight excluding hydrogens is 314 g/mol. The van der Waals surface area contributed by atoms with Crippen LogP contribution in [0, 0.1) is 6.92 Å². The van der Waals surface area contributed by atoms with E-state index in [0.29, 0.717) is 0 Å². The maximum absolute atomic E-state index is 12.5. The normalized spacial score (nSPS) is 12.6. The van der Waals surface area contributed by atoms with Crippen LogP contribution in [0.25, 0.3) is 0 Å². The lowest BCUT2D eigenvalue weighted by atomic mass is 10.1. The molecule has 0 radical (unpaired) electrons. The molecule has 122 valence electrons. The summed E-state index contributed by atoms with van der Waals surface area (Å²) in [6.07, 6.45) is 0.221. The van der Waals surface area contributed by atoms with E-state index in [9.17, 15) is 13.2 Å². The Bertz CT molecular complexity index is 772. The molecule has 0 aromatic heterocycles. The first-order valence-corrected chi connectivity index (χ1v) is 8.61. The number of carbonyl (C=O) groups is 1. The number of nitrogens with one attached hydrogen (secondary N) is 1. The van der Waals surface area contributed by atoms with E-state index in [1.165, 1.54) is 13.2 Å². The molecule has 2 aromatic rings. The summed E-state index contributed by atoms with van der Waals surface area (Å²) in [5.74, 6) is -0.620. The van der Waals surface area contributed by atoms with E-state index in [1.54, 1.807) is 25.1 Å². The minimum atomic E-state index is -3.81. The van der Waals surface area contributed by atoms with Crippen molar-refractivity contribution < 1.29 is 17.9 Å². The third kappa shape index (κ3) is 4.64. The minimum absolute atomic E-state index is 0.125. The van der Waals surface area contributed by atoms with Gasteiger partial charge in [-0.25, -0.2) is 8.42 Å². The van der Waals surface area contributed by atoms with Crippen molar-refractivity contribution in [3.63, 3.8) is 0 Å². The van der Waals surface area contributed by atoms with Crippen LogP contribution in [0.3, 0.4) is 0 Å². The standard InChI is InChI=1S/C17H19NO4S/c1-13-7-6-10-15(11-13)23(20,21)18-16(17(19)22-2)12-14-8-4-3-5-9-14/h3-11,16,18H,12H2,1-2H3. The van der Waals surface area contributed by atoms with Crippen LogP contribution in [0.15, 0.2) is 59.5 Å². The molecule has 1 N–H and O–H groups in total. The maximum Gasteiger partial charge on any atom is 0.324 e. The Balaban J connectivity index is 2.25. The van der Waals surface area contributed by atoms with Gasteiger partial charge in [0.2, 0.25) is 10.0 Å². The fourth-order valence-electron chi connectivity index (χ4n) is 2.20. The van der Waals surface area contributed by atoms with Crippen LogP contribution in [-0.2, 0) is 26.0 Å². The van der Waals surface area contributed by atoms with Gasteiger partial charge in [0.15, 0.2) is 0 Å². The van der Waals surface area contributed by atoms with Gasteiger partial charge in [0.25, 0.3) is 0 Å². The third-order valence-corrected chi connectivity index (χ3v) is 4.83. The molecule has 5 nitrogen and oxygen atoms in total. The van der Waals surface area contributed by atoms with Crippen LogP contribution < -0.4 is 4.72 Å². The van der Waals surface area contributed by atoms with Crippen molar-refractivity contribution in [3.8, 4) is 0 Å². The predicted octanol–water partition coefficient (Wildman–Crippen LogP) is 2.06. The monoisotopic (exact) mass is 333 g/mol. The van der Waals surface area contributed by atoms with Crippen LogP contribution in [0.5, 0.6) is 0 Å². The number of benzene rings is 2. The Morgan fingerprint density at radius 3 is 2.43 bits per heavy atom. The van der Waals surface area contributed by atoms with E-state index >= 15 is 0 Å². The van der Waals surface area contributed by atoms with E-state index in [1.807, 2.05) is 30.3 Å². The number of sulfonamides is 1. The van der Waals surface area contributed by atoms with E-state index < -0.39 is 22.0 Å². The number of esters is 1. The number of carbonyl (C=O) groups excluding carboxylic acids is 1. The summed E-state index contributed by atoms with van der Waals surface area (Å²) in [4.78, 5) is 12.1. The molecule has 23 heavy (non-hydrogen) atoms. The zero-order valence-corrected chi connectivity index (χ0v) is 13.8. The highest BCUT2D eigenvalue weighted by Crippen LogP contribution is 2.13. The summed E-state index contributed by atoms with van der Waals surface area (Å²) in [5.41, 5.74) is 1.67. The fourth-order valence-corrected chi connectivity index (χ4v) is 3.49. The van der Waals surface area contributed by atoms with Crippen LogP contribution in [0.1, 0.15) is 11.1 Å². The Morgan fingerprint density at radius 1 is 1.13 bits per heavy atom. The smallest absolute Gasteiger partial charge is 0.324 e. The van der Waals surface area contributed by atoms with Gasteiger partial charge in [0.1, 0.15) is 6.04 Å². The summed E-state index contributed by atoms with van der Waals surface area (Å²) >= 11 is 0. The fraction of sp³-hybridized carbons (Fsp3) is 0.235. The first-order valence-electron chi connectivity index (χ1n) is 7.13. The Kier molecular flexibility index (Phi) is 5.52. The molecule has 0 aliphatic rings. The lowest BCUT2D eigenvalue weighted by Crippen LogP contribution is -2.43. The quantitative estimate of drug-likeness (QED) is 0.821. The molecule has 6 heteroatoms. The van der Waals surface area contributed by atoms with Crippen LogP contribution >= 0.6 is 0 Å². The maximum atomic E-state index is 12.5. The number of methoxy groups -OCH3 is 1. The largest absolute Gasteiger partial charge is 0.468 e. The predicted molar refractivity (Wildman–Crippen MR) is 87.5 cm³/mol. The topological polar surface area (TPSA) is 72.5 Å². The lowest BCUT2D eigenvalue weighted by molar-refractivity contribution is -0.142. The molecule has 0 heterocycles. The number of rotatable bonds is 6. The molecule has 0 fully saturated rings. The van der Waals surface area contributed by atoms with E-state index in [0.717, 1.165) is 11.1 Å². The molecule has 0 bridgehead atoms. The average molecular weight is 333 g/mol. The molecule has 0 amide bonds. The highest BCUT2D eigenvalue weighted by molar-refractivity contribution is 7.89. The van der Waals surface area contributed by atoms with Crippen molar-refractivity contribution in [3.05, 3.63) is 65.7 Å². The lowest BCUT2D eigenvalue weighted by Gasteiger charge is -2.17. The van der Waals surface area contributed by atoms with Crippen molar-refractivity contribution in [1.82, 2.24) is 4.72 Å². The summed E-state index contributed by atoms with van der Waals surface area (Å²) in [6, 6.07) is 14.7. The van der Waals surface area contributed by atoms with Gasteiger partial charge in [0, 0.05) is 0 Å².